The Morgan fingerprint density at radius 2 is 1.62 bits per heavy atom. The first kappa shape index (κ1) is 29.1. The van der Waals surface area contributed by atoms with Gasteiger partial charge >= 0.3 is 0 Å². The molecule has 0 saturated heterocycles. The van der Waals surface area contributed by atoms with Crippen LogP contribution in [0.2, 0.25) is 0 Å². The van der Waals surface area contributed by atoms with Gasteiger partial charge in [0.1, 0.15) is 12.3 Å². The van der Waals surface area contributed by atoms with Crippen LogP contribution in [-0.2, 0) is 14.8 Å². The molecule has 10 heteroatoms. The zero-order chi connectivity index (χ0) is 29.0. The number of nitrogens with zero attached hydrogens (tertiary/aromatic N) is 3. The average molecular weight is 624 g/mol. The number of hydrogen-bond acceptors (Lipinski definition) is 5. The quantitative estimate of drug-likeness (QED) is 0.188. The summed E-state index contributed by atoms with van der Waals surface area (Å²) in [4.78, 5) is 13.1. The fourth-order valence-electron chi connectivity index (χ4n) is 4.38. The summed E-state index contributed by atoms with van der Waals surface area (Å²) in [5, 5.41) is 4.14. The molecule has 8 nitrogen and oxygen atoms in total. The number of hydrogen-bond donors (Lipinski definition) is 1. The molecule has 0 bridgehead atoms. The number of sulfonamides is 1. The summed E-state index contributed by atoms with van der Waals surface area (Å²) in [6.07, 6.45) is 1.56. The standard InChI is InChI=1S/C30H31BrN4O4S/c1-20-6-13-27(14-7-20)40(37,38)34(28-16-21(2)8-15-29(28)39-5)19-30(36)33-32-18-24-17-22(3)35(23(24)4)26-11-9-25(31)10-12-26/h6-18H,19H2,1-5H3,(H,33,36)/b32-18-. The number of rotatable bonds is 9. The maximum Gasteiger partial charge on any atom is 0.264 e. The SMILES string of the molecule is COc1ccc(C)cc1N(CC(=O)N/N=C\c1cc(C)n(-c2ccc(Br)cc2)c1C)S(=O)(=O)c1ccc(C)cc1. The smallest absolute Gasteiger partial charge is 0.264 e. The number of ether oxygens (including phenoxy) is 1. The number of nitrogens with one attached hydrogen (secondary N) is 1. The van der Waals surface area contributed by atoms with Crippen LogP contribution in [0.5, 0.6) is 5.75 Å². The van der Waals surface area contributed by atoms with Gasteiger partial charge in [0.25, 0.3) is 15.9 Å². The highest BCUT2D eigenvalue weighted by molar-refractivity contribution is 9.10. The molecule has 0 aliphatic carbocycles. The van der Waals surface area contributed by atoms with Crippen molar-refractivity contribution in [1.82, 2.24) is 9.99 Å². The zero-order valence-corrected chi connectivity index (χ0v) is 25.4. The maximum absolute atomic E-state index is 13.7. The highest BCUT2D eigenvalue weighted by atomic mass is 79.9. The third-order valence-electron chi connectivity index (χ3n) is 6.45. The van der Waals surface area contributed by atoms with Crippen LogP contribution in [-0.4, -0.2) is 38.8 Å². The van der Waals surface area contributed by atoms with E-state index < -0.39 is 22.5 Å². The van der Waals surface area contributed by atoms with Gasteiger partial charge in [-0.05, 0) is 87.9 Å². The Kier molecular flexibility index (Phi) is 8.80. The molecule has 0 unspecified atom stereocenters. The Balaban J connectivity index is 1.60. The van der Waals surface area contributed by atoms with Crippen molar-refractivity contribution in [2.75, 3.05) is 18.0 Å². The van der Waals surface area contributed by atoms with E-state index in [-0.39, 0.29) is 10.6 Å². The molecule has 1 heterocycles. The first-order valence-electron chi connectivity index (χ1n) is 12.5. The lowest BCUT2D eigenvalue weighted by atomic mass is 10.2. The second-order valence-corrected chi connectivity index (χ2v) is 12.2. The number of halogens is 1. The third kappa shape index (κ3) is 6.29. The second kappa shape index (κ2) is 12.1. The monoisotopic (exact) mass is 622 g/mol. The normalized spacial score (nSPS) is 11.6. The number of amides is 1. The van der Waals surface area contributed by atoms with Crippen LogP contribution in [0.4, 0.5) is 5.69 Å². The minimum absolute atomic E-state index is 0.0679. The minimum atomic E-state index is -4.10. The third-order valence-corrected chi connectivity index (χ3v) is 8.75. The Morgan fingerprint density at radius 3 is 2.27 bits per heavy atom. The molecule has 0 spiro atoms. The number of aromatic nitrogens is 1. The summed E-state index contributed by atoms with van der Waals surface area (Å²) < 4.78 is 37.1. The Morgan fingerprint density at radius 1 is 0.975 bits per heavy atom. The molecule has 40 heavy (non-hydrogen) atoms. The van der Waals surface area contributed by atoms with Gasteiger partial charge in [-0.15, -0.1) is 0 Å². The molecule has 3 aromatic carbocycles. The fourth-order valence-corrected chi connectivity index (χ4v) is 6.07. The molecule has 4 aromatic rings. The molecule has 0 aliphatic rings. The molecule has 4 rings (SSSR count). The van der Waals surface area contributed by atoms with Crippen molar-refractivity contribution in [3.05, 3.63) is 105 Å². The highest BCUT2D eigenvalue weighted by Crippen LogP contribution is 2.33. The topological polar surface area (TPSA) is 93.0 Å². The number of hydrazone groups is 1. The summed E-state index contributed by atoms with van der Waals surface area (Å²) >= 11 is 3.46. The maximum atomic E-state index is 13.7. The molecule has 208 valence electrons. The molecule has 1 amide bonds. The first-order chi connectivity index (χ1) is 19.0. The van der Waals surface area contributed by atoms with Crippen molar-refractivity contribution < 1.29 is 17.9 Å². The predicted octanol–water partition coefficient (Wildman–Crippen LogP) is 5.83. The lowest BCUT2D eigenvalue weighted by Crippen LogP contribution is -2.39. The predicted molar refractivity (Wildman–Crippen MR) is 162 cm³/mol. The van der Waals surface area contributed by atoms with E-state index in [1.165, 1.54) is 19.2 Å². The number of methoxy groups -OCH3 is 1. The summed E-state index contributed by atoms with van der Waals surface area (Å²) in [7, 11) is -2.64. The van der Waals surface area contributed by atoms with E-state index in [9.17, 15) is 13.2 Å². The minimum Gasteiger partial charge on any atom is -0.495 e. The largest absolute Gasteiger partial charge is 0.495 e. The molecule has 0 aliphatic heterocycles. The van der Waals surface area contributed by atoms with Crippen LogP contribution in [0.15, 0.2) is 87.3 Å². The Hall–Kier alpha value is -3.89. The molecule has 0 radical (unpaired) electrons. The number of carbonyl (C=O) groups excluding carboxylic acids is 1. The van der Waals surface area contributed by atoms with Crippen LogP contribution in [0.25, 0.3) is 5.69 Å². The average Bonchev–Trinajstić information content (AvgIpc) is 3.20. The number of benzene rings is 3. The highest BCUT2D eigenvalue weighted by Gasteiger charge is 2.29. The van der Waals surface area contributed by atoms with E-state index in [0.29, 0.717) is 5.75 Å². The van der Waals surface area contributed by atoms with E-state index in [0.717, 1.165) is 42.5 Å². The van der Waals surface area contributed by atoms with Gasteiger partial charge in [0.05, 0.1) is 23.9 Å². The van der Waals surface area contributed by atoms with Gasteiger partial charge in [0.2, 0.25) is 0 Å². The number of aryl methyl sites for hydroxylation is 3. The molecular formula is C30H31BrN4O4S. The van der Waals surface area contributed by atoms with Gasteiger partial charge in [0, 0.05) is 27.1 Å². The van der Waals surface area contributed by atoms with Gasteiger partial charge < -0.3 is 9.30 Å². The van der Waals surface area contributed by atoms with Gasteiger partial charge in [-0.2, -0.15) is 5.10 Å². The van der Waals surface area contributed by atoms with Crippen molar-refractivity contribution in [3.8, 4) is 11.4 Å². The van der Waals surface area contributed by atoms with Crippen LogP contribution >= 0.6 is 15.9 Å². The van der Waals surface area contributed by atoms with Gasteiger partial charge in [-0.25, -0.2) is 13.8 Å². The van der Waals surface area contributed by atoms with Gasteiger partial charge in [-0.1, -0.05) is 39.7 Å². The molecular weight excluding hydrogens is 592 g/mol. The molecule has 0 fully saturated rings. The van der Waals surface area contributed by atoms with E-state index in [1.807, 2.05) is 64.1 Å². The second-order valence-electron chi connectivity index (χ2n) is 9.43. The Bertz CT molecular complexity index is 1660. The van der Waals surface area contributed by atoms with E-state index >= 15 is 0 Å². The van der Waals surface area contributed by atoms with E-state index in [4.69, 9.17) is 4.74 Å². The van der Waals surface area contributed by atoms with E-state index in [2.05, 4.69) is 31.0 Å². The van der Waals surface area contributed by atoms with Crippen molar-refractivity contribution in [2.45, 2.75) is 32.6 Å². The summed E-state index contributed by atoms with van der Waals surface area (Å²) in [5.74, 6) is -0.268. The number of carbonyl (C=O) groups is 1. The first-order valence-corrected chi connectivity index (χ1v) is 14.8. The summed E-state index contributed by atoms with van der Waals surface area (Å²) in [5.41, 5.74) is 8.28. The molecule has 0 saturated carbocycles. The van der Waals surface area contributed by atoms with Gasteiger partial charge in [0.15, 0.2) is 0 Å². The van der Waals surface area contributed by atoms with Gasteiger partial charge in [-0.3, -0.25) is 9.10 Å². The molecule has 1 aromatic heterocycles. The summed E-state index contributed by atoms with van der Waals surface area (Å²) in [6, 6.07) is 21.6. The fraction of sp³-hybridized carbons (Fsp3) is 0.200. The number of anilines is 1. The Labute approximate surface area is 243 Å². The van der Waals surface area contributed by atoms with Crippen LogP contribution in [0, 0.1) is 27.7 Å². The molecule has 1 N–H and O–H groups in total. The van der Waals surface area contributed by atoms with Crippen molar-refractivity contribution in [2.24, 2.45) is 5.10 Å². The van der Waals surface area contributed by atoms with Crippen molar-refractivity contribution in [3.63, 3.8) is 0 Å². The lowest BCUT2D eigenvalue weighted by Gasteiger charge is -2.25. The lowest BCUT2D eigenvalue weighted by molar-refractivity contribution is -0.119. The van der Waals surface area contributed by atoms with Crippen LogP contribution in [0.3, 0.4) is 0 Å². The van der Waals surface area contributed by atoms with Crippen LogP contribution in [0.1, 0.15) is 28.1 Å². The zero-order valence-electron chi connectivity index (χ0n) is 23.0. The van der Waals surface area contributed by atoms with E-state index in [1.54, 1.807) is 30.5 Å². The van der Waals surface area contributed by atoms with Crippen LogP contribution < -0.4 is 14.5 Å². The van der Waals surface area contributed by atoms with Crippen molar-refractivity contribution >= 4 is 43.8 Å². The molecule has 0 atom stereocenters. The van der Waals surface area contributed by atoms with Crippen molar-refractivity contribution in [1.29, 1.82) is 0 Å². The summed E-state index contributed by atoms with van der Waals surface area (Å²) in [6.45, 7) is 7.19.